The molecule has 6 heteroatoms. The summed E-state index contributed by atoms with van der Waals surface area (Å²) in [4.78, 5) is 4.85. The number of aliphatic hydroxyl groups excluding tert-OH is 1. The van der Waals surface area contributed by atoms with Crippen LogP contribution in [-0.4, -0.2) is 73.7 Å². The van der Waals surface area contributed by atoms with Crippen molar-refractivity contribution in [2.45, 2.75) is 57.6 Å². The van der Waals surface area contributed by atoms with Crippen molar-refractivity contribution in [1.29, 1.82) is 0 Å². The third-order valence-electron chi connectivity index (χ3n) is 9.03. The molecule has 7 rings (SSSR count). The molecule has 0 aromatic heterocycles. The van der Waals surface area contributed by atoms with E-state index >= 15 is 0 Å². The number of nitrogens with zero attached hydrogens (tertiary/aromatic N) is 2. The zero-order valence-corrected chi connectivity index (χ0v) is 19.9. The van der Waals surface area contributed by atoms with Crippen molar-refractivity contribution in [1.82, 2.24) is 9.80 Å². The molecule has 1 atom stereocenters. The first-order chi connectivity index (χ1) is 16.1. The minimum absolute atomic E-state index is 0.325. The number of fused-ring (bicyclic) bond motifs is 1. The Labute approximate surface area is 198 Å². The van der Waals surface area contributed by atoms with E-state index in [0.29, 0.717) is 18.8 Å². The lowest BCUT2D eigenvalue weighted by Crippen LogP contribution is -2.48. The van der Waals surface area contributed by atoms with Gasteiger partial charge in [-0.2, -0.15) is 0 Å². The number of piperazine rings is 1. The predicted octanol–water partition coefficient (Wildman–Crippen LogP) is 3.52. The van der Waals surface area contributed by atoms with Crippen LogP contribution in [0.2, 0.25) is 0 Å². The van der Waals surface area contributed by atoms with Crippen molar-refractivity contribution >= 4 is 0 Å². The maximum Gasteiger partial charge on any atom is 0.231 e. The van der Waals surface area contributed by atoms with Crippen molar-refractivity contribution in [3.63, 3.8) is 0 Å². The molecule has 4 bridgehead atoms. The fourth-order valence-corrected chi connectivity index (χ4v) is 7.88. The lowest BCUT2D eigenvalue weighted by atomic mass is 9.49. The Hall–Kier alpha value is -1.34. The van der Waals surface area contributed by atoms with Gasteiger partial charge in [-0.15, -0.1) is 0 Å². The Morgan fingerprint density at radius 1 is 0.939 bits per heavy atom. The molecule has 2 aliphatic heterocycles. The molecule has 1 N–H and O–H groups in total. The summed E-state index contributed by atoms with van der Waals surface area (Å²) in [6, 6.07) is 6.23. The van der Waals surface area contributed by atoms with E-state index in [0.717, 1.165) is 75.1 Å². The van der Waals surface area contributed by atoms with Gasteiger partial charge in [0.25, 0.3) is 0 Å². The normalized spacial score (nSPS) is 34.2. The molecule has 5 fully saturated rings. The summed E-state index contributed by atoms with van der Waals surface area (Å²) in [5.74, 6) is 4.72. The van der Waals surface area contributed by atoms with E-state index in [2.05, 4.69) is 21.9 Å². The van der Waals surface area contributed by atoms with Crippen molar-refractivity contribution in [2.75, 3.05) is 52.7 Å². The number of hydrogen-bond acceptors (Lipinski definition) is 6. The Bertz CT molecular complexity index is 787. The summed E-state index contributed by atoms with van der Waals surface area (Å²) < 4.78 is 16.9. The Morgan fingerprint density at radius 3 is 2.33 bits per heavy atom. The van der Waals surface area contributed by atoms with Crippen LogP contribution in [0.5, 0.6) is 11.5 Å². The van der Waals surface area contributed by atoms with Gasteiger partial charge in [0.2, 0.25) is 6.79 Å². The smallest absolute Gasteiger partial charge is 0.231 e. The molecule has 1 aromatic rings. The molecule has 33 heavy (non-hydrogen) atoms. The molecular weight excluding hydrogens is 416 g/mol. The van der Waals surface area contributed by atoms with E-state index in [1.54, 1.807) is 0 Å². The standard InChI is InChI=1S/C27H40N2O4/c30-24(18-31-8-3-27-13-21-9-22(14-27)11-23(10-21)15-27)17-29-6-4-28(5-7-29)16-20-1-2-25-26(12-20)33-19-32-25/h1-2,12,21-24,30H,3-11,13-19H2. The third-order valence-corrected chi connectivity index (χ3v) is 9.03. The molecule has 4 aliphatic carbocycles. The van der Waals surface area contributed by atoms with Gasteiger partial charge in [0, 0.05) is 45.9 Å². The molecule has 1 unspecified atom stereocenters. The van der Waals surface area contributed by atoms with Gasteiger partial charge in [-0.1, -0.05) is 6.07 Å². The first-order valence-electron chi connectivity index (χ1n) is 13.2. The van der Waals surface area contributed by atoms with Crippen LogP contribution in [-0.2, 0) is 11.3 Å². The molecule has 1 saturated heterocycles. The van der Waals surface area contributed by atoms with E-state index in [-0.39, 0.29) is 6.10 Å². The monoisotopic (exact) mass is 456 g/mol. The van der Waals surface area contributed by atoms with E-state index in [1.807, 2.05) is 6.07 Å². The van der Waals surface area contributed by atoms with E-state index in [4.69, 9.17) is 14.2 Å². The minimum atomic E-state index is -0.387. The zero-order chi connectivity index (χ0) is 22.3. The Morgan fingerprint density at radius 2 is 1.61 bits per heavy atom. The lowest BCUT2D eigenvalue weighted by Gasteiger charge is -2.57. The third kappa shape index (κ3) is 5.04. The van der Waals surface area contributed by atoms with Crippen molar-refractivity contribution in [3.05, 3.63) is 23.8 Å². The molecule has 0 spiro atoms. The second-order valence-corrected chi connectivity index (χ2v) is 11.7. The summed E-state index contributed by atoms with van der Waals surface area (Å²) in [5, 5.41) is 10.5. The first-order valence-corrected chi connectivity index (χ1v) is 13.2. The summed E-state index contributed by atoms with van der Waals surface area (Å²) in [7, 11) is 0. The summed E-state index contributed by atoms with van der Waals surface area (Å²) in [6.45, 7) is 7.31. The highest BCUT2D eigenvalue weighted by Gasteiger charge is 2.50. The van der Waals surface area contributed by atoms with Gasteiger partial charge in [0.15, 0.2) is 11.5 Å². The highest BCUT2D eigenvalue weighted by molar-refractivity contribution is 5.44. The van der Waals surface area contributed by atoms with Crippen LogP contribution in [0.4, 0.5) is 0 Å². The Balaban J connectivity index is 0.880. The van der Waals surface area contributed by atoms with Gasteiger partial charge < -0.3 is 19.3 Å². The number of β-amino-alcohol motifs (C(OH)–C–C–N with tert-alkyl or cyclic N) is 1. The van der Waals surface area contributed by atoms with Crippen LogP contribution in [0.25, 0.3) is 0 Å². The first kappa shape index (κ1) is 22.1. The SMILES string of the molecule is OC(COCCC12CC3CC(CC(C3)C1)C2)CN1CCN(Cc2ccc3c(c2)OCO3)CC1. The largest absolute Gasteiger partial charge is 0.454 e. The zero-order valence-electron chi connectivity index (χ0n) is 19.9. The highest BCUT2D eigenvalue weighted by Crippen LogP contribution is 2.61. The average molecular weight is 457 g/mol. The van der Waals surface area contributed by atoms with Gasteiger partial charge in [-0.05, 0) is 85.8 Å². The molecule has 0 amide bonds. The van der Waals surface area contributed by atoms with Crippen molar-refractivity contribution in [3.8, 4) is 11.5 Å². The van der Waals surface area contributed by atoms with Gasteiger partial charge >= 0.3 is 0 Å². The van der Waals surface area contributed by atoms with Crippen LogP contribution in [0.3, 0.4) is 0 Å². The molecule has 1 aromatic carbocycles. The van der Waals surface area contributed by atoms with Gasteiger partial charge in [-0.3, -0.25) is 9.80 Å². The molecular formula is C27H40N2O4. The Kier molecular flexibility index (Phi) is 6.29. The second kappa shape index (κ2) is 9.37. The fraction of sp³-hybridized carbons (Fsp3) is 0.778. The molecule has 0 radical (unpaired) electrons. The second-order valence-electron chi connectivity index (χ2n) is 11.7. The number of rotatable bonds is 9. The van der Waals surface area contributed by atoms with Crippen molar-refractivity contribution in [2.24, 2.45) is 23.2 Å². The molecule has 4 saturated carbocycles. The maximum atomic E-state index is 10.5. The quantitative estimate of drug-likeness (QED) is 0.574. The minimum Gasteiger partial charge on any atom is -0.454 e. The molecule has 182 valence electrons. The van der Waals surface area contributed by atoms with Crippen LogP contribution >= 0.6 is 0 Å². The number of ether oxygens (including phenoxy) is 3. The van der Waals surface area contributed by atoms with Gasteiger partial charge in [0.1, 0.15) is 0 Å². The summed E-state index contributed by atoms with van der Waals surface area (Å²) in [6.07, 6.45) is 9.67. The molecule has 6 nitrogen and oxygen atoms in total. The van der Waals surface area contributed by atoms with E-state index in [1.165, 1.54) is 50.5 Å². The number of benzene rings is 1. The number of aliphatic hydroxyl groups is 1. The fourth-order valence-electron chi connectivity index (χ4n) is 7.88. The topological polar surface area (TPSA) is 54.4 Å². The van der Waals surface area contributed by atoms with Crippen LogP contribution < -0.4 is 9.47 Å². The summed E-state index contributed by atoms with van der Waals surface area (Å²) in [5.41, 5.74) is 1.84. The summed E-state index contributed by atoms with van der Waals surface area (Å²) >= 11 is 0. The lowest BCUT2D eigenvalue weighted by molar-refractivity contribution is -0.0744. The van der Waals surface area contributed by atoms with E-state index in [9.17, 15) is 5.11 Å². The molecule has 6 aliphatic rings. The maximum absolute atomic E-state index is 10.5. The van der Waals surface area contributed by atoms with Crippen LogP contribution in [0.1, 0.15) is 50.5 Å². The average Bonchev–Trinajstić information content (AvgIpc) is 3.25. The predicted molar refractivity (Wildman–Crippen MR) is 126 cm³/mol. The van der Waals surface area contributed by atoms with Crippen LogP contribution in [0.15, 0.2) is 18.2 Å². The molecule has 2 heterocycles. The van der Waals surface area contributed by atoms with Crippen LogP contribution in [0, 0.1) is 23.2 Å². The highest BCUT2D eigenvalue weighted by atomic mass is 16.7. The van der Waals surface area contributed by atoms with Gasteiger partial charge in [-0.25, -0.2) is 0 Å². The number of hydrogen-bond donors (Lipinski definition) is 1. The van der Waals surface area contributed by atoms with E-state index < -0.39 is 0 Å². The van der Waals surface area contributed by atoms with Gasteiger partial charge in [0.05, 0.1) is 12.7 Å². The van der Waals surface area contributed by atoms with Crippen molar-refractivity contribution < 1.29 is 19.3 Å².